The van der Waals surface area contributed by atoms with E-state index in [1.165, 1.54) is 4.52 Å². The van der Waals surface area contributed by atoms with Crippen molar-refractivity contribution in [3.8, 4) is 28.1 Å². The second kappa shape index (κ2) is 8.00. The molecule has 4 aromatic rings. The minimum atomic E-state index is -0.203. The van der Waals surface area contributed by atoms with Crippen LogP contribution in [0.5, 0.6) is 5.75 Å². The van der Waals surface area contributed by atoms with Gasteiger partial charge < -0.3 is 9.64 Å². The number of amides is 1. The molecule has 1 aliphatic rings. The number of fused-ring (bicyclic) bond motifs is 1. The molecule has 2 aromatic carbocycles. The lowest BCUT2D eigenvalue weighted by Crippen LogP contribution is -2.35. The van der Waals surface area contributed by atoms with Gasteiger partial charge in [-0.25, -0.2) is 4.98 Å². The molecule has 1 aliphatic heterocycles. The zero-order chi connectivity index (χ0) is 22.2. The van der Waals surface area contributed by atoms with Crippen molar-refractivity contribution in [2.75, 3.05) is 18.6 Å². The van der Waals surface area contributed by atoms with E-state index in [0.29, 0.717) is 35.6 Å². The second-order valence-electron chi connectivity index (χ2n) is 7.97. The van der Waals surface area contributed by atoms with Crippen LogP contribution in [0, 0.1) is 6.92 Å². The van der Waals surface area contributed by atoms with Crippen LogP contribution in [0.4, 0.5) is 5.69 Å². The van der Waals surface area contributed by atoms with Crippen molar-refractivity contribution >= 4 is 17.2 Å². The summed E-state index contributed by atoms with van der Waals surface area (Å²) in [6.45, 7) is 2.44. The van der Waals surface area contributed by atoms with Crippen LogP contribution in [0.2, 0.25) is 0 Å². The van der Waals surface area contributed by atoms with Crippen molar-refractivity contribution < 1.29 is 9.53 Å². The second-order valence-corrected chi connectivity index (χ2v) is 7.97. The summed E-state index contributed by atoms with van der Waals surface area (Å²) in [6.07, 6.45) is 2.30. The Balaban J connectivity index is 1.78. The van der Waals surface area contributed by atoms with Crippen molar-refractivity contribution in [2.45, 2.75) is 26.2 Å². The molecule has 1 fully saturated rings. The number of hydrogen-bond donors (Lipinski definition) is 1. The molecule has 32 heavy (non-hydrogen) atoms. The highest BCUT2D eigenvalue weighted by Gasteiger charge is 2.28. The molecule has 1 saturated heterocycles. The molecule has 7 nitrogen and oxygen atoms in total. The third-order valence-corrected chi connectivity index (χ3v) is 5.97. The molecule has 0 radical (unpaired) electrons. The number of aryl methyl sites for hydroxylation is 1. The molecule has 2 aromatic heterocycles. The van der Waals surface area contributed by atoms with Gasteiger partial charge in [-0.2, -0.15) is 4.52 Å². The summed E-state index contributed by atoms with van der Waals surface area (Å²) in [5.41, 5.74) is 4.45. The van der Waals surface area contributed by atoms with Crippen molar-refractivity contribution in [1.82, 2.24) is 14.6 Å². The maximum absolute atomic E-state index is 13.6. The van der Waals surface area contributed by atoms with Gasteiger partial charge in [0.25, 0.3) is 5.56 Å². The highest BCUT2D eigenvalue weighted by atomic mass is 16.5. The normalized spacial score (nSPS) is 14.2. The SMILES string of the molecule is COc1ccc(-c2c(C)nc3c(N4CCCCC4=O)c(-c4ccccc4)[nH]n3c2=O)cc1. The number of H-pyrrole nitrogens is 1. The average molecular weight is 428 g/mol. The Labute approximate surface area is 185 Å². The lowest BCUT2D eigenvalue weighted by atomic mass is 10.1. The first-order chi connectivity index (χ1) is 15.6. The third kappa shape index (κ3) is 3.26. The van der Waals surface area contributed by atoms with E-state index >= 15 is 0 Å². The van der Waals surface area contributed by atoms with Crippen LogP contribution in [-0.2, 0) is 4.79 Å². The molecular formula is C25H24N4O3. The molecular weight excluding hydrogens is 404 g/mol. The van der Waals surface area contributed by atoms with E-state index in [0.717, 1.165) is 35.4 Å². The maximum atomic E-state index is 13.6. The fourth-order valence-electron chi connectivity index (χ4n) is 4.36. The van der Waals surface area contributed by atoms with Gasteiger partial charge in [-0.1, -0.05) is 42.5 Å². The summed E-state index contributed by atoms with van der Waals surface area (Å²) in [4.78, 5) is 33.0. The highest BCUT2D eigenvalue weighted by Crippen LogP contribution is 2.35. The summed E-state index contributed by atoms with van der Waals surface area (Å²) < 4.78 is 6.70. The molecule has 0 atom stereocenters. The van der Waals surface area contributed by atoms with Crippen LogP contribution in [0.15, 0.2) is 59.4 Å². The standard InChI is InChI=1S/C25H24N4O3/c1-16-21(17-11-13-19(32-2)14-12-17)25(31)29-24(26-16)23(28-15-7-6-10-20(28)30)22(27-29)18-8-4-3-5-9-18/h3-5,8-9,11-14,27H,6-7,10,15H2,1-2H3. The first kappa shape index (κ1) is 20.1. The zero-order valence-corrected chi connectivity index (χ0v) is 18.1. The van der Waals surface area contributed by atoms with Crippen LogP contribution < -0.4 is 15.2 Å². The quantitative estimate of drug-likeness (QED) is 0.529. The summed E-state index contributed by atoms with van der Waals surface area (Å²) in [7, 11) is 1.61. The van der Waals surface area contributed by atoms with Crippen LogP contribution in [0.3, 0.4) is 0 Å². The number of methoxy groups -OCH3 is 1. The molecule has 0 saturated carbocycles. The highest BCUT2D eigenvalue weighted by molar-refractivity contribution is 6.02. The number of hydrogen-bond acceptors (Lipinski definition) is 4. The van der Waals surface area contributed by atoms with Gasteiger partial charge in [0, 0.05) is 18.5 Å². The average Bonchev–Trinajstić information content (AvgIpc) is 3.20. The Kier molecular flexibility index (Phi) is 5.01. The predicted molar refractivity (Wildman–Crippen MR) is 124 cm³/mol. The number of carbonyl (C=O) groups is 1. The Morgan fingerprint density at radius 1 is 0.969 bits per heavy atom. The molecule has 7 heteroatoms. The van der Waals surface area contributed by atoms with Crippen LogP contribution in [0.1, 0.15) is 25.0 Å². The van der Waals surface area contributed by atoms with E-state index in [9.17, 15) is 9.59 Å². The van der Waals surface area contributed by atoms with E-state index in [2.05, 4.69) is 5.10 Å². The van der Waals surface area contributed by atoms with E-state index in [-0.39, 0.29) is 11.5 Å². The molecule has 5 rings (SSSR count). The van der Waals surface area contributed by atoms with Crippen molar-refractivity contribution in [3.05, 3.63) is 70.6 Å². The van der Waals surface area contributed by atoms with Crippen LogP contribution in [-0.4, -0.2) is 34.2 Å². The summed E-state index contributed by atoms with van der Waals surface area (Å²) in [5, 5.41) is 3.25. The molecule has 162 valence electrons. The first-order valence-corrected chi connectivity index (χ1v) is 10.7. The van der Waals surface area contributed by atoms with Gasteiger partial charge in [0.15, 0.2) is 5.65 Å². The number of nitrogens with one attached hydrogen (secondary N) is 1. The molecule has 3 heterocycles. The largest absolute Gasteiger partial charge is 0.497 e. The lowest BCUT2D eigenvalue weighted by molar-refractivity contribution is -0.119. The van der Waals surface area contributed by atoms with Crippen molar-refractivity contribution in [2.24, 2.45) is 0 Å². The smallest absolute Gasteiger partial charge is 0.280 e. The van der Waals surface area contributed by atoms with Gasteiger partial charge in [0.2, 0.25) is 5.91 Å². The fraction of sp³-hybridized carbons (Fsp3) is 0.240. The maximum Gasteiger partial charge on any atom is 0.280 e. The van der Waals surface area contributed by atoms with Gasteiger partial charge >= 0.3 is 0 Å². The van der Waals surface area contributed by atoms with E-state index in [1.807, 2.05) is 61.5 Å². The van der Waals surface area contributed by atoms with Gasteiger partial charge in [0.1, 0.15) is 11.4 Å². The Hall–Kier alpha value is -3.87. The van der Waals surface area contributed by atoms with Gasteiger partial charge in [0.05, 0.1) is 24.1 Å². The Morgan fingerprint density at radius 2 is 1.72 bits per heavy atom. The van der Waals surface area contributed by atoms with Gasteiger partial charge in [-0.15, -0.1) is 0 Å². The van der Waals surface area contributed by atoms with E-state index in [1.54, 1.807) is 12.0 Å². The molecule has 0 bridgehead atoms. The number of rotatable bonds is 4. The monoisotopic (exact) mass is 428 g/mol. The van der Waals surface area contributed by atoms with Crippen LogP contribution >= 0.6 is 0 Å². The number of carbonyl (C=O) groups excluding carboxylic acids is 1. The Bertz CT molecular complexity index is 1350. The molecule has 0 spiro atoms. The fourth-order valence-corrected chi connectivity index (χ4v) is 4.36. The van der Waals surface area contributed by atoms with E-state index in [4.69, 9.17) is 9.72 Å². The summed E-state index contributed by atoms with van der Waals surface area (Å²) in [5.74, 6) is 0.777. The van der Waals surface area contributed by atoms with Crippen molar-refractivity contribution in [3.63, 3.8) is 0 Å². The third-order valence-electron chi connectivity index (χ3n) is 5.97. The summed E-state index contributed by atoms with van der Waals surface area (Å²) in [6, 6.07) is 17.1. The summed E-state index contributed by atoms with van der Waals surface area (Å²) >= 11 is 0. The van der Waals surface area contributed by atoms with E-state index < -0.39 is 0 Å². The number of aromatic nitrogens is 3. The first-order valence-electron chi connectivity index (χ1n) is 10.7. The minimum absolute atomic E-state index is 0.0565. The predicted octanol–water partition coefficient (Wildman–Crippen LogP) is 4.19. The number of nitrogens with zero attached hydrogens (tertiary/aromatic N) is 3. The van der Waals surface area contributed by atoms with Crippen molar-refractivity contribution in [1.29, 1.82) is 0 Å². The topological polar surface area (TPSA) is 79.7 Å². The molecule has 0 unspecified atom stereocenters. The molecule has 1 N–H and O–H groups in total. The zero-order valence-electron chi connectivity index (χ0n) is 18.1. The number of aromatic amines is 1. The minimum Gasteiger partial charge on any atom is -0.497 e. The van der Waals surface area contributed by atoms with Crippen LogP contribution in [0.25, 0.3) is 28.0 Å². The number of anilines is 1. The van der Waals surface area contributed by atoms with Gasteiger partial charge in [-0.3, -0.25) is 14.7 Å². The Morgan fingerprint density at radius 3 is 2.41 bits per heavy atom. The lowest BCUT2D eigenvalue weighted by Gasteiger charge is -2.26. The molecule has 1 amide bonds. The van der Waals surface area contributed by atoms with Gasteiger partial charge in [-0.05, 0) is 37.5 Å². The number of benzene rings is 2. The molecule has 0 aliphatic carbocycles. The number of ether oxygens (including phenoxy) is 1. The number of piperidine rings is 1.